The number of pyridine rings is 1. The molecule has 0 fully saturated rings. The van der Waals surface area contributed by atoms with Gasteiger partial charge in [0.15, 0.2) is 5.16 Å². The fourth-order valence-electron chi connectivity index (χ4n) is 1.24. The number of carbonyl (C=O) groups is 1. The summed E-state index contributed by atoms with van der Waals surface area (Å²) in [5, 5.41) is 7.41. The van der Waals surface area contributed by atoms with E-state index < -0.39 is 5.97 Å². The molecular formula is C10H11N5O2S. The quantitative estimate of drug-likeness (QED) is 0.797. The molecule has 0 bridgehead atoms. The number of hydrogen-bond acceptors (Lipinski definition) is 7. The molecule has 0 saturated carbocycles. The van der Waals surface area contributed by atoms with Crippen LogP contribution in [0.4, 0.5) is 5.69 Å². The third-order valence-electron chi connectivity index (χ3n) is 1.95. The molecule has 8 heteroatoms. The maximum Gasteiger partial charge on any atom is 0.340 e. The molecule has 0 saturated heterocycles. The zero-order valence-electron chi connectivity index (χ0n) is 9.58. The van der Waals surface area contributed by atoms with Gasteiger partial charge in [0.1, 0.15) is 11.4 Å². The summed E-state index contributed by atoms with van der Waals surface area (Å²) in [6.07, 6.45) is 2.85. The van der Waals surface area contributed by atoms with Crippen LogP contribution in [0.25, 0.3) is 0 Å². The Morgan fingerprint density at radius 1 is 1.56 bits per heavy atom. The predicted molar refractivity (Wildman–Crippen MR) is 65.1 cm³/mol. The number of nitrogens with zero attached hydrogens (tertiary/aromatic N) is 3. The van der Waals surface area contributed by atoms with E-state index in [1.165, 1.54) is 30.4 Å². The number of nitrogen functional groups attached to an aromatic ring is 1. The van der Waals surface area contributed by atoms with Gasteiger partial charge >= 0.3 is 5.97 Å². The molecule has 2 aromatic heterocycles. The zero-order valence-corrected chi connectivity index (χ0v) is 10.4. The van der Waals surface area contributed by atoms with Gasteiger partial charge in [-0.25, -0.2) is 14.8 Å². The summed E-state index contributed by atoms with van der Waals surface area (Å²) < 4.78 is 4.95. The predicted octanol–water partition coefficient (Wildman–Crippen LogP) is 1.11. The van der Waals surface area contributed by atoms with E-state index in [4.69, 9.17) is 10.5 Å². The van der Waals surface area contributed by atoms with Crippen LogP contribution < -0.4 is 5.73 Å². The van der Waals surface area contributed by atoms with Crippen LogP contribution in [0.3, 0.4) is 0 Å². The van der Waals surface area contributed by atoms with Crippen molar-refractivity contribution >= 4 is 23.4 Å². The summed E-state index contributed by atoms with van der Waals surface area (Å²) in [6.45, 7) is 2.03. The lowest BCUT2D eigenvalue weighted by Gasteiger charge is -2.06. The van der Waals surface area contributed by atoms with Gasteiger partial charge in [0.2, 0.25) is 0 Å². The molecule has 3 N–H and O–H groups in total. The molecule has 2 heterocycles. The highest BCUT2D eigenvalue weighted by molar-refractivity contribution is 7.99. The fraction of sp³-hybridized carbons (Fsp3) is 0.200. The van der Waals surface area contributed by atoms with E-state index in [0.29, 0.717) is 28.0 Å². The van der Waals surface area contributed by atoms with Crippen LogP contribution in [0.1, 0.15) is 17.3 Å². The lowest BCUT2D eigenvalue weighted by Crippen LogP contribution is -2.08. The lowest BCUT2D eigenvalue weighted by atomic mass is 10.3. The van der Waals surface area contributed by atoms with Crippen LogP contribution in [0.2, 0.25) is 0 Å². The minimum atomic E-state index is -0.459. The Morgan fingerprint density at radius 3 is 3.06 bits per heavy atom. The molecule has 0 atom stereocenters. The van der Waals surface area contributed by atoms with Crippen molar-refractivity contribution in [3.05, 3.63) is 24.2 Å². The molecule has 2 rings (SSSR count). The molecule has 0 unspecified atom stereocenters. The number of rotatable bonds is 4. The van der Waals surface area contributed by atoms with Crippen LogP contribution in [0, 0.1) is 0 Å². The second-order valence-electron chi connectivity index (χ2n) is 3.23. The highest BCUT2D eigenvalue weighted by Crippen LogP contribution is 2.27. The van der Waals surface area contributed by atoms with Crippen molar-refractivity contribution in [1.82, 2.24) is 20.2 Å². The van der Waals surface area contributed by atoms with Crippen molar-refractivity contribution in [3.8, 4) is 0 Å². The summed E-state index contributed by atoms with van der Waals surface area (Å²) in [6, 6.07) is 1.53. The number of hydrogen-bond donors (Lipinski definition) is 2. The number of aromatic nitrogens is 4. The molecule has 0 radical (unpaired) electrons. The SMILES string of the molecule is CCOC(=O)c1cc(N)cnc1Sc1ncn[nH]1. The van der Waals surface area contributed by atoms with Crippen molar-refractivity contribution in [2.45, 2.75) is 17.1 Å². The normalized spacial score (nSPS) is 10.3. The topological polar surface area (TPSA) is 107 Å². The largest absolute Gasteiger partial charge is 0.462 e. The van der Waals surface area contributed by atoms with E-state index in [9.17, 15) is 4.79 Å². The molecule has 0 aromatic carbocycles. The number of esters is 1. The Bertz CT molecular complexity index is 543. The van der Waals surface area contributed by atoms with E-state index in [0.717, 1.165) is 0 Å². The highest BCUT2D eigenvalue weighted by atomic mass is 32.2. The molecule has 0 spiro atoms. The second kappa shape index (κ2) is 5.50. The van der Waals surface area contributed by atoms with Gasteiger partial charge in [-0.1, -0.05) is 0 Å². The monoisotopic (exact) mass is 265 g/mol. The van der Waals surface area contributed by atoms with E-state index >= 15 is 0 Å². The average Bonchev–Trinajstić information content (AvgIpc) is 2.84. The molecule has 0 amide bonds. The Morgan fingerprint density at radius 2 is 2.39 bits per heavy atom. The van der Waals surface area contributed by atoms with Crippen molar-refractivity contribution in [1.29, 1.82) is 0 Å². The Hall–Kier alpha value is -2.09. The van der Waals surface area contributed by atoms with Crippen molar-refractivity contribution in [2.24, 2.45) is 0 Å². The minimum absolute atomic E-state index is 0.292. The summed E-state index contributed by atoms with van der Waals surface area (Å²) in [5.74, 6) is -0.459. The molecule has 7 nitrogen and oxygen atoms in total. The number of carbonyl (C=O) groups excluding carboxylic acids is 1. The number of H-pyrrole nitrogens is 1. The first-order valence-corrected chi connectivity index (χ1v) is 5.98. The molecule has 0 aliphatic carbocycles. The van der Waals surface area contributed by atoms with E-state index in [1.807, 2.05) is 0 Å². The van der Waals surface area contributed by atoms with Crippen LogP contribution >= 0.6 is 11.8 Å². The van der Waals surface area contributed by atoms with Gasteiger partial charge in [0.25, 0.3) is 0 Å². The van der Waals surface area contributed by atoms with Gasteiger partial charge in [0.05, 0.1) is 24.1 Å². The van der Waals surface area contributed by atoms with Crippen LogP contribution in [-0.4, -0.2) is 32.7 Å². The highest BCUT2D eigenvalue weighted by Gasteiger charge is 2.16. The summed E-state index contributed by atoms with van der Waals surface area (Å²) in [7, 11) is 0. The van der Waals surface area contributed by atoms with Gasteiger partial charge in [-0.15, -0.1) is 0 Å². The summed E-state index contributed by atoms with van der Waals surface area (Å²) in [4.78, 5) is 19.8. The van der Waals surface area contributed by atoms with E-state index in [2.05, 4.69) is 20.2 Å². The molecule has 18 heavy (non-hydrogen) atoms. The lowest BCUT2D eigenvalue weighted by molar-refractivity contribution is 0.0521. The minimum Gasteiger partial charge on any atom is -0.462 e. The smallest absolute Gasteiger partial charge is 0.340 e. The standard InChI is InChI=1S/C10H11N5O2S/c1-2-17-9(16)7-3-6(11)4-12-8(7)18-10-13-5-14-15-10/h3-5H,2,11H2,1H3,(H,13,14,15). The fourth-order valence-corrected chi connectivity index (χ4v) is 1.98. The van der Waals surface area contributed by atoms with Crippen molar-refractivity contribution in [3.63, 3.8) is 0 Å². The van der Waals surface area contributed by atoms with Crippen molar-refractivity contribution in [2.75, 3.05) is 12.3 Å². The average molecular weight is 265 g/mol. The first kappa shape index (κ1) is 12.4. The Balaban J connectivity index is 2.31. The number of nitrogens with two attached hydrogens (primary N) is 1. The first-order valence-electron chi connectivity index (χ1n) is 5.16. The van der Waals surface area contributed by atoms with Gasteiger partial charge in [-0.2, -0.15) is 5.10 Å². The molecule has 94 valence electrons. The second-order valence-corrected chi connectivity index (χ2v) is 4.21. The number of aromatic amines is 1. The van der Waals surface area contributed by atoms with Crippen LogP contribution in [0.15, 0.2) is 28.8 Å². The zero-order chi connectivity index (χ0) is 13.0. The first-order chi connectivity index (χ1) is 8.70. The van der Waals surface area contributed by atoms with Gasteiger partial charge < -0.3 is 10.5 Å². The summed E-state index contributed by atoms with van der Waals surface area (Å²) in [5.41, 5.74) is 6.34. The third kappa shape index (κ3) is 2.77. The molecule has 0 aliphatic heterocycles. The number of nitrogens with one attached hydrogen (secondary N) is 1. The molecule has 2 aromatic rings. The maximum absolute atomic E-state index is 11.8. The Labute approximate surface area is 107 Å². The third-order valence-corrected chi connectivity index (χ3v) is 2.86. The van der Waals surface area contributed by atoms with Crippen LogP contribution in [0.5, 0.6) is 0 Å². The number of ether oxygens (including phenoxy) is 1. The van der Waals surface area contributed by atoms with Crippen LogP contribution in [-0.2, 0) is 4.74 Å². The van der Waals surface area contributed by atoms with Gasteiger partial charge in [-0.05, 0) is 24.8 Å². The number of anilines is 1. The van der Waals surface area contributed by atoms with Crippen molar-refractivity contribution < 1.29 is 9.53 Å². The maximum atomic E-state index is 11.8. The van der Waals surface area contributed by atoms with E-state index in [-0.39, 0.29) is 0 Å². The van der Waals surface area contributed by atoms with E-state index in [1.54, 1.807) is 6.92 Å². The van der Waals surface area contributed by atoms with Gasteiger partial charge in [-0.3, -0.25) is 5.10 Å². The Kier molecular flexibility index (Phi) is 3.78. The molecule has 0 aliphatic rings. The summed E-state index contributed by atoms with van der Waals surface area (Å²) >= 11 is 1.19. The molecular weight excluding hydrogens is 254 g/mol. The van der Waals surface area contributed by atoms with Gasteiger partial charge in [0, 0.05) is 0 Å².